The zero-order chi connectivity index (χ0) is 28.6. The molecule has 0 unspecified atom stereocenters. The molecule has 0 bridgehead atoms. The maximum absolute atomic E-state index is 14.4. The standard InChI is InChI=1S/C13H9.C12H11Si.C10H13NO.2ClH.Hf/c1-3-7-12-10(5-1)9-11-6-2-4-8-13(11)12;1-3-7-11(8-4-1)13-12-9-5-2-6-10-12;1-7(2)8-5-3-4-6-9(8)10(11)12;;;/h1-5,7-8H,9H2;1-10,13H;3-7H,1-2H3,(H2,11,12);2*1H;/q;;;;;+3/p-3. The molecule has 0 saturated heterocycles. The van der Waals surface area contributed by atoms with Gasteiger partial charge in [0.1, 0.15) is 0 Å². The quantitative estimate of drug-likeness (QED) is 0.177. The van der Waals surface area contributed by atoms with Gasteiger partial charge in [0.25, 0.3) is 0 Å². The Morgan fingerprint density at radius 1 is 0.707 bits per heavy atom. The zero-order valence-electron chi connectivity index (χ0n) is 23.2. The van der Waals surface area contributed by atoms with Crippen LogP contribution < -0.4 is 17.0 Å². The first-order chi connectivity index (χ1) is 19.8. The van der Waals surface area contributed by atoms with Crippen LogP contribution in [0.5, 0.6) is 0 Å². The van der Waals surface area contributed by atoms with Crippen molar-refractivity contribution in [1.29, 1.82) is 0 Å². The summed E-state index contributed by atoms with van der Waals surface area (Å²) in [6, 6.07) is 43.4. The second-order valence-electron chi connectivity index (χ2n) is 11.2. The van der Waals surface area contributed by atoms with Crippen molar-refractivity contribution < 1.29 is 20.4 Å². The molecule has 6 rings (SSSR count). The molecule has 0 fully saturated rings. The SMILES string of the molecule is CC(C)c1ccccc1C(=O)[NH][Hf]([Cl])([Cl])([c]1cccc2c1Cc1ccccc1-2)[SiH](c1ccccc1)c1ccccc1. The first-order valence-corrected chi connectivity index (χ1v) is 34.5. The molecule has 0 atom stereocenters. The average molecular weight is 760 g/mol. The van der Waals surface area contributed by atoms with Crippen LogP contribution in [-0.2, 0) is 22.0 Å². The zero-order valence-corrected chi connectivity index (χ0v) is 29.4. The number of benzene rings is 5. The fourth-order valence-electron chi connectivity index (χ4n) is 6.43. The van der Waals surface area contributed by atoms with Crippen LogP contribution in [0.15, 0.2) is 127 Å². The van der Waals surface area contributed by atoms with Crippen molar-refractivity contribution in [2.45, 2.75) is 26.2 Å². The number of halogens is 2. The number of fused-ring (bicyclic) bond motifs is 3. The number of carbonyl (C=O) groups excluding carboxylic acids is 1. The fourth-order valence-corrected chi connectivity index (χ4v) is 58.0. The summed E-state index contributed by atoms with van der Waals surface area (Å²) in [6.07, 6.45) is 0.747. The van der Waals surface area contributed by atoms with Gasteiger partial charge in [0.2, 0.25) is 0 Å². The number of nitrogens with one attached hydrogen (secondary N) is 1. The molecule has 0 aromatic heterocycles. The van der Waals surface area contributed by atoms with Gasteiger partial charge in [0.15, 0.2) is 0 Å². The molecule has 0 spiro atoms. The summed E-state index contributed by atoms with van der Waals surface area (Å²) in [5.74, 6) is -2.47. The van der Waals surface area contributed by atoms with Gasteiger partial charge in [-0.3, -0.25) is 0 Å². The summed E-state index contributed by atoms with van der Waals surface area (Å²) in [4.78, 5) is 14.4. The molecule has 0 aliphatic heterocycles. The summed E-state index contributed by atoms with van der Waals surface area (Å²) in [7, 11) is 16.5. The Kier molecular flexibility index (Phi) is 7.71. The number of amides is 1. The molecule has 5 aromatic rings. The van der Waals surface area contributed by atoms with Gasteiger partial charge in [-0.1, -0.05) is 0 Å². The second kappa shape index (κ2) is 11.1. The van der Waals surface area contributed by atoms with Crippen molar-refractivity contribution in [3.05, 3.63) is 150 Å². The molecular formula is C35H32Cl2HfNOSi. The van der Waals surface area contributed by atoms with Gasteiger partial charge < -0.3 is 0 Å². The predicted octanol–water partition coefficient (Wildman–Crippen LogP) is 6.89. The van der Waals surface area contributed by atoms with E-state index in [1.54, 1.807) is 0 Å². The Hall–Kier alpha value is -2.76. The van der Waals surface area contributed by atoms with Crippen LogP contribution in [0, 0.1) is 0 Å². The van der Waals surface area contributed by atoms with Crippen molar-refractivity contribution in [3.63, 3.8) is 0 Å². The van der Waals surface area contributed by atoms with E-state index in [1.165, 1.54) is 11.1 Å². The molecular weight excluding hydrogens is 728 g/mol. The topological polar surface area (TPSA) is 29.1 Å². The Balaban J connectivity index is 1.63. The molecule has 41 heavy (non-hydrogen) atoms. The molecule has 6 heteroatoms. The van der Waals surface area contributed by atoms with Crippen molar-refractivity contribution in [2.75, 3.05) is 0 Å². The molecule has 0 saturated carbocycles. The molecule has 205 valence electrons. The minimum absolute atomic E-state index is 0.177. The first-order valence-electron chi connectivity index (χ1n) is 14.1. The fraction of sp³-hybridized carbons (Fsp3) is 0.114. The summed E-state index contributed by atoms with van der Waals surface area (Å²) in [5.41, 5.74) is 6.41. The Morgan fingerprint density at radius 2 is 1.27 bits per heavy atom. The average Bonchev–Trinajstić information content (AvgIpc) is 3.37. The van der Waals surface area contributed by atoms with Crippen molar-refractivity contribution in [2.24, 2.45) is 0 Å². The van der Waals surface area contributed by atoms with Gasteiger partial charge in [0.05, 0.1) is 0 Å². The monoisotopic (exact) mass is 760 g/mol. The number of carbonyl (C=O) groups is 1. The Labute approximate surface area is 251 Å². The van der Waals surface area contributed by atoms with E-state index < -0.39 is 21.6 Å². The molecule has 5 aromatic carbocycles. The number of hydrogen-bond acceptors (Lipinski definition) is 1. The summed E-state index contributed by atoms with van der Waals surface area (Å²) >= 11 is -5.71. The third kappa shape index (κ3) is 5.10. The number of hydrogen-bond donors (Lipinski definition) is 1. The van der Waals surface area contributed by atoms with Crippen LogP contribution in [0.25, 0.3) is 11.1 Å². The minimum atomic E-state index is -5.71. The van der Waals surface area contributed by atoms with E-state index in [9.17, 15) is 4.79 Å². The number of rotatable bonds is 7. The maximum atomic E-state index is 14.4. The van der Waals surface area contributed by atoms with Gasteiger partial charge in [-0.15, -0.1) is 0 Å². The van der Waals surface area contributed by atoms with Crippen molar-refractivity contribution >= 4 is 42.7 Å². The normalized spacial score (nSPS) is 13.4. The molecule has 1 aliphatic carbocycles. The summed E-state index contributed by atoms with van der Waals surface area (Å²) < 4.78 is 4.48. The third-order valence-electron chi connectivity index (χ3n) is 8.29. The van der Waals surface area contributed by atoms with Crippen LogP contribution in [0.3, 0.4) is 0 Å². The molecule has 0 radical (unpaired) electrons. The summed E-state index contributed by atoms with van der Waals surface area (Å²) in [6.45, 7) is 4.21. The van der Waals surface area contributed by atoms with Crippen LogP contribution in [0.4, 0.5) is 0 Å². The van der Waals surface area contributed by atoms with Crippen LogP contribution in [0.1, 0.15) is 46.8 Å². The molecule has 0 heterocycles. The van der Waals surface area contributed by atoms with E-state index in [1.807, 2.05) is 60.7 Å². The van der Waals surface area contributed by atoms with E-state index in [4.69, 9.17) is 17.2 Å². The van der Waals surface area contributed by atoms with E-state index in [2.05, 4.69) is 83.9 Å². The van der Waals surface area contributed by atoms with Gasteiger partial charge in [-0.25, -0.2) is 0 Å². The summed E-state index contributed by atoms with van der Waals surface area (Å²) in [5, 5.41) is 2.26. The van der Waals surface area contributed by atoms with Crippen molar-refractivity contribution in [1.82, 2.24) is 3.30 Å². The van der Waals surface area contributed by atoms with E-state index in [0.29, 0.717) is 5.56 Å². The van der Waals surface area contributed by atoms with Crippen LogP contribution >= 0.6 is 17.2 Å². The third-order valence-corrected chi connectivity index (χ3v) is 56.5. The first kappa shape index (κ1) is 28.4. The predicted molar refractivity (Wildman–Crippen MR) is 173 cm³/mol. The van der Waals surface area contributed by atoms with Gasteiger partial charge in [0, 0.05) is 0 Å². The second-order valence-corrected chi connectivity index (χ2v) is 60.1. The van der Waals surface area contributed by atoms with E-state index in [-0.39, 0.29) is 11.8 Å². The molecule has 2 nitrogen and oxygen atoms in total. The molecule has 1 amide bonds. The Bertz CT molecular complexity index is 1700. The van der Waals surface area contributed by atoms with Gasteiger partial charge in [-0.2, -0.15) is 0 Å². The Morgan fingerprint density at radius 3 is 1.93 bits per heavy atom. The van der Waals surface area contributed by atoms with E-state index >= 15 is 0 Å². The van der Waals surface area contributed by atoms with Crippen LogP contribution in [0.2, 0.25) is 0 Å². The van der Waals surface area contributed by atoms with Gasteiger partial charge >= 0.3 is 253 Å². The molecule has 1 N–H and O–H groups in total. The van der Waals surface area contributed by atoms with Crippen molar-refractivity contribution in [3.8, 4) is 11.1 Å². The van der Waals surface area contributed by atoms with E-state index in [0.717, 1.165) is 36.8 Å². The molecule has 1 aliphatic rings. The van der Waals surface area contributed by atoms with Crippen LogP contribution in [-0.4, -0.2) is 11.9 Å². The van der Waals surface area contributed by atoms with Gasteiger partial charge in [-0.05, 0) is 0 Å².